The van der Waals surface area contributed by atoms with Gasteiger partial charge in [-0.25, -0.2) is 0 Å². The van der Waals surface area contributed by atoms with Gasteiger partial charge in [-0.2, -0.15) is 0 Å². The first-order valence-electron chi connectivity index (χ1n) is 4.78. The minimum atomic E-state index is -0.346. The maximum absolute atomic E-state index is 8.84. The Bertz CT molecular complexity index is 74.2. The zero-order valence-corrected chi connectivity index (χ0v) is 8.91. The summed E-state index contributed by atoms with van der Waals surface area (Å²) in [4.78, 5) is 0. The van der Waals surface area contributed by atoms with Gasteiger partial charge < -0.3 is 5.11 Å². The summed E-state index contributed by atoms with van der Waals surface area (Å²) in [5.41, 5.74) is 0. The molecule has 0 fully saturated rings. The smallest absolute Gasteiger partial charge is 0.0541 e. The van der Waals surface area contributed by atoms with Crippen molar-refractivity contribution >= 4 is 12.4 Å². The summed E-state index contributed by atoms with van der Waals surface area (Å²) >= 11 is 0. The topological polar surface area (TPSA) is 20.2 Å². The monoisotopic (exact) mass is 193 g/mol. The van der Waals surface area contributed by atoms with E-state index in [1.165, 1.54) is 32.1 Å². The largest absolute Gasteiger partial charge is 0.393 e. The fourth-order valence-electron chi connectivity index (χ4n) is 1.16. The fraction of sp³-hybridized carbons (Fsp3) is 0.900. The van der Waals surface area contributed by atoms with Gasteiger partial charge in [0.2, 0.25) is 0 Å². The Morgan fingerprint density at radius 1 is 1.08 bits per heavy atom. The second kappa shape index (κ2) is 11.2. The zero-order chi connectivity index (χ0) is 8.53. The van der Waals surface area contributed by atoms with E-state index in [-0.39, 0.29) is 18.5 Å². The minimum Gasteiger partial charge on any atom is -0.393 e. The van der Waals surface area contributed by atoms with Gasteiger partial charge in [-0.3, -0.25) is 0 Å². The van der Waals surface area contributed by atoms with Gasteiger partial charge in [-0.05, 0) is 13.3 Å². The van der Waals surface area contributed by atoms with Crippen molar-refractivity contribution < 1.29 is 5.11 Å². The molecule has 1 radical (unpaired) electrons. The standard InChI is InChI=1S/C10H21O.ClH/c1-3-4-5-6-7-8-9-10(2)11;/h10-11H,2-9H2,1H3;1H. The maximum Gasteiger partial charge on any atom is 0.0541 e. The average molecular weight is 194 g/mol. The van der Waals surface area contributed by atoms with E-state index >= 15 is 0 Å². The van der Waals surface area contributed by atoms with Gasteiger partial charge in [0.1, 0.15) is 0 Å². The summed E-state index contributed by atoms with van der Waals surface area (Å²) < 4.78 is 0. The van der Waals surface area contributed by atoms with Crippen molar-refractivity contribution in [2.75, 3.05) is 0 Å². The second-order valence-corrected chi connectivity index (χ2v) is 3.21. The van der Waals surface area contributed by atoms with Crippen molar-refractivity contribution in [2.24, 2.45) is 0 Å². The third kappa shape index (κ3) is 12.9. The van der Waals surface area contributed by atoms with Crippen LogP contribution in [0.5, 0.6) is 0 Å². The third-order valence-corrected chi connectivity index (χ3v) is 1.89. The van der Waals surface area contributed by atoms with Crippen LogP contribution >= 0.6 is 12.4 Å². The molecule has 1 unspecified atom stereocenters. The SMILES string of the molecule is Cl.[CH2]C(O)CCCCCCCC. The van der Waals surface area contributed by atoms with Crippen LogP contribution in [0.2, 0.25) is 0 Å². The molecule has 0 aliphatic rings. The normalized spacial score (nSPS) is 12.2. The van der Waals surface area contributed by atoms with Crippen LogP contribution in [0.15, 0.2) is 0 Å². The molecule has 1 N–H and O–H groups in total. The van der Waals surface area contributed by atoms with Crippen LogP contribution in [0.1, 0.15) is 51.9 Å². The van der Waals surface area contributed by atoms with Gasteiger partial charge in [0.15, 0.2) is 0 Å². The molecule has 1 nitrogen and oxygen atoms in total. The Kier molecular flexibility index (Phi) is 13.8. The second-order valence-electron chi connectivity index (χ2n) is 3.21. The molecule has 1 atom stereocenters. The first kappa shape index (κ1) is 14.8. The summed E-state index contributed by atoms with van der Waals surface area (Å²) in [5, 5.41) is 8.84. The van der Waals surface area contributed by atoms with E-state index in [9.17, 15) is 0 Å². The highest BCUT2D eigenvalue weighted by atomic mass is 35.5. The lowest BCUT2D eigenvalue weighted by Gasteiger charge is -2.02. The molecule has 75 valence electrons. The fourth-order valence-corrected chi connectivity index (χ4v) is 1.16. The van der Waals surface area contributed by atoms with Crippen molar-refractivity contribution in [1.29, 1.82) is 0 Å². The lowest BCUT2D eigenvalue weighted by Crippen LogP contribution is -1.98. The van der Waals surface area contributed by atoms with Gasteiger partial charge in [0.25, 0.3) is 0 Å². The molecule has 0 spiro atoms. The number of unbranched alkanes of at least 4 members (excludes halogenated alkanes) is 5. The molecule has 0 amide bonds. The van der Waals surface area contributed by atoms with E-state index in [1.54, 1.807) is 0 Å². The zero-order valence-electron chi connectivity index (χ0n) is 8.09. The molecule has 0 aliphatic carbocycles. The molecular formula is C10H22ClO. The van der Waals surface area contributed by atoms with E-state index in [4.69, 9.17) is 5.11 Å². The Morgan fingerprint density at radius 3 is 2.08 bits per heavy atom. The quantitative estimate of drug-likeness (QED) is 0.615. The predicted octanol–water partition coefficient (Wildman–Crippen LogP) is 3.35. The van der Waals surface area contributed by atoms with Gasteiger partial charge in [0, 0.05) is 0 Å². The summed E-state index contributed by atoms with van der Waals surface area (Å²) in [6.45, 7) is 5.75. The van der Waals surface area contributed by atoms with Crippen molar-refractivity contribution in [3.05, 3.63) is 6.92 Å². The van der Waals surface area contributed by atoms with Crippen molar-refractivity contribution in [3.63, 3.8) is 0 Å². The van der Waals surface area contributed by atoms with Gasteiger partial charge in [0.05, 0.1) is 6.10 Å². The van der Waals surface area contributed by atoms with E-state index in [0.29, 0.717) is 0 Å². The Morgan fingerprint density at radius 2 is 1.58 bits per heavy atom. The lowest BCUT2D eigenvalue weighted by atomic mass is 10.1. The number of rotatable bonds is 7. The highest BCUT2D eigenvalue weighted by Gasteiger charge is 1.94. The van der Waals surface area contributed by atoms with E-state index in [1.807, 2.05) is 0 Å². The number of halogens is 1. The molecule has 2 heteroatoms. The molecule has 0 bridgehead atoms. The number of aliphatic hydroxyl groups excluding tert-OH is 1. The Balaban J connectivity index is 0. The van der Waals surface area contributed by atoms with Crippen LogP contribution in [0.3, 0.4) is 0 Å². The summed E-state index contributed by atoms with van der Waals surface area (Å²) in [7, 11) is 0. The van der Waals surface area contributed by atoms with E-state index in [0.717, 1.165) is 12.8 Å². The highest BCUT2D eigenvalue weighted by molar-refractivity contribution is 5.85. The van der Waals surface area contributed by atoms with Gasteiger partial charge in [-0.15, -0.1) is 12.4 Å². The minimum absolute atomic E-state index is 0. The first-order valence-corrected chi connectivity index (χ1v) is 4.78. The van der Waals surface area contributed by atoms with Crippen LogP contribution < -0.4 is 0 Å². The maximum atomic E-state index is 8.84. The number of hydrogen-bond donors (Lipinski definition) is 1. The molecule has 0 aromatic rings. The predicted molar refractivity (Wildman–Crippen MR) is 56.6 cm³/mol. The molecule has 0 aliphatic heterocycles. The molecule has 0 saturated heterocycles. The Labute approximate surface area is 83.0 Å². The van der Waals surface area contributed by atoms with Crippen molar-refractivity contribution in [2.45, 2.75) is 58.0 Å². The van der Waals surface area contributed by atoms with E-state index < -0.39 is 0 Å². The van der Waals surface area contributed by atoms with Gasteiger partial charge >= 0.3 is 0 Å². The third-order valence-electron chi connectivity index (χ3n) is 1.89. The van der Waals surface area contributed by atoms with Crippen LogP contribution in [0.25, 0.3) is 0 Å². The molecule has 0 rings (SSSR count). The Hall–Kier alpha value is 0.250. The van der Waals surface area contributed by atoms with Crippen LogP contribution in [0, 0.1) is 6.92 Å². The molecule has 0 saturated carbocycles. The van der Waals surface area contributed by atoms with Gasteiger partial charge in [-0.1, -0.05) is 45.4 Å². The van der Waals surface area contributed by atoms with Crippen molar-refractivity contribution in [3.8, 4) is 0 Å². The average Bonchev–Trinajstić information content (AvgIpc) is 1.96. The van der Waals surface area contributed by atoms with E-state index in [2.05, 4.69) is 13.8 Å². The van der Waals surface area contributed by atoms with Crippen LogP contribution in [-0.2, 0) is 0 Å². The lowest BCUT2D eigenvalue weighted by molar-refractivity contribution is 0.205. The summed E-state index contributed by atoms with van der Waals surface area (Å²) in [6.07, 6.45) is 8.24. The molecule has 12 heavy (non-hydrogen) atoms. The van der Waals surface area contributed by atoms with Crippen molar-refractivity contribution in [1.82, 2.24) is 0 Å². The highest BCUT2D eigenvalue weighted by Crippen LogP contribution is 2.07. The molecule has 0 aromatic heterocycles. The molecule has 0 heterocycles. The molecule has 0 aromatic carbocycles. The summed E-state index contributed by atoms with van der Waals surface area (Å²) in [6, 6.07) is 0. The number of hydrogen-bond acceptors (Lipinski definition) is 1. The number of aliphatic hydroxyl groups is 1. The molecular weight excluding hydrogens is 172 g/mol. The first-order chi connectivity index (χ1) is 5.27. The van der Waals surface area contributed by atoms with Crippen LogP contribution in [0.4, 0.5) is 0 Å². The van der Waals surface area contributed by atoms with Crippen LogP contribution in [-0.4, -0.2) is 11.2 Å². The summed E-state index contributed by atoms with van der Waals surface area (Å²) in [5.74, 6) is 0.